The Balaban J connectivity index is 1.43. The van der Waals surface area contributed by atoms with Gasteiger partial charge >= 0.3 is 0 Å². The number of nitrogens with zero attached hydrogens (tertiary/aromatic N) is 5. The fourth-order valence-electron chi connectivity index (χ4n) is 4.99. The van der Waals surface area contributed by atoms with E-state index in [-0.39, 0.29) is 23.7 Å². The number of hydrogen-bond acceptors (Lipinski definition) is 5. The number of benzene rings is 1. The lowest BCUT2D eigenvalue weighted by Crippen LogP contribution is -2.25. The van der Waals surface area contributed by atoms with Gasteiger partial charge in [-0.1, -0.05) is 0 Å². The molecule has 180 valence electrons. The highest BCUT2D eigenvalue weighted by atomic mass is 19.1. The molecule has 1 saturated carbocycles. The van der Waals surface area contributed by atoms with Gasteiger partial charge in [-0.2, -0.15) is 5.10 Å². The molecule has 35 heavy (non-hydrogen) atoms. The number of aryl methyl sites for hydroxylation is 2. The Morgan fingerprint density at radius 1 is 1.00 bits per heavy atom. The molecule has 0 unspecified atom stereocenters. The highest BCUT2D eigenvalue weighted by molar-refractivity contribution is 5.89. The second kappa shape index (κ2) is 8.45. The SMILES string of the molecule is Cc1nc2cc([C@H]3C[C@@H](C)O[C@H](c4cnn(C5CC5)c4)C3)nc(-c3ccc(F)cc3F)c2nc1C. The third-order valence-corrected chi connectivity index (χ3v) is 7.11. The van der Waals surface area contributed by atoms with E-state index in [9.17, 15) is 8.78 Å². The zero-order valence-electron chi connectivity index (χ0n) is 20.0. The number of halogens is 2. The normalized spacial score (nSPS) is 22.6. The maximum Gasteiger partial charge on any atom is 0.135 e. The number of rotatable bonds is 4. The molecule has 0 radical (unpaired) electrons. The standard InChI is InChI=1S/C27H27F2N5O/c1-14-8-17(9-25(35-14)18-12-30-34(13-18)20-5-6-20)23-11-24-27(32-16(3)15(2)31-24)26(33-23)21-7-4-19(28)10-22(21)29/h4,7,10-14,17,20,25H,5-6,8-9H2,1-3H3/t14-,17+,25+/m1/s1. The molecule has 1 aromatic carbocycles. The first-order valence-corrected chi connectivity index (χ1v) is 12.2. The summed E-state index contributed by atoms with van der Waals surface area (Å²) in [5.74, 6) is -1.21. The van der Waals surface area contributed by atoms with E-state index in [4.69, 9.17) is 14.7 Å². The third kappa shape index (κ3) is 4.20. The van der Waals surface area contributed by atoms with Crippen molar-refractivity contribution < 1.29 is 13.5 Å². The zero-order chi connectivity index (χ0) is 24.3. The third-order valence-electron chi connectivity index (χ3n) is 7.11. The summed E-state index contributed by atoms with van der Waals surface area (Å²) >= 11 is 0. The van der Waals surface area contributed by atoms with Crippen molar-refractivity contribution in [2.24, 2.45) is 0 Å². The first kappa shape index (κ1) is 22.2. The van der Waals surface area contributed by atoms with Gasteiger partial charge in [-0.25, -0.2) is 23.7 Å². The smallest absolute Gasteiger partial charge is 0.135 e. The van der Waals surface area contributed by atoms with Crippen molar-refractivity contribution in [3.63, 3.8) is 0 Å². The van der Waals surface area contributed by atoms with Crippen LogP contribution in [0.4, 0.5) is 8.78 Å². The average Bonchev–Trinajstić information content (AvgIpc) is 3.55. The van der Waals surface area contributed by atoms with Gasteiger partial charge in [-0.05, 0) is 64.7 Å². The molecule has 4 heterocycles. The molecule has 1 saturated heterocycles. The summed E-state index contributed by atoms with van der Waals surface area (Å²) in [6.45, 7) is 5.84. The van der Waals surface area contributed by atoms with Gasteiger partial charge in [0.05, 0.1) is 41.4 Å². The molecule has 8 heteroatoms. The summed E-state index contributed by atoms with van der Waals surface area (Å²) in [5, 5.41) is 4.54. The Labute approximate surface area is 202 Å². The molecule has 4 aromatic rings. The molecule has 2 fully saturated rings. The Bertz CT molecular complexity index is 1430. The predicted molar refractivity (Wildman–Crippen MR) is 128 cm³/mol. The molecule has 0 N–H and O–H groups in total. The first-order chi connectivity index (χ1) is 16.9. The quantitative estimate of drug-likeness (QED) is 0.355. The number of fused-ring (bicyclic) bond motifs is 1. The van der Waals surface area contributed by atoms with E-state index in [2.05, 4.69) is 23.2 Å². The van der Waals surface area contributed by atoms with Crippen molar-refractivity contribution in [3.05, 3.63) is 70.9 Å². The second-order valence-corrected chi connectivity index (χ2v) is 9.87. The number of ether oxygens (including phenoxy) is 1. The van der Waals surface area contributed by atoms with Crippen LogP contribution in [-0.4, -0.2) is 30.8 Å². The zero-order valence-corrected chi connectivity index (χ0v) is 20.0. The molecule has 1 aliphatic carbocycles. The molecule has 6 nitrogen and oxygen atoms in total. The van der Waals surface area contributed by atoms with Crippen molar-refractivity contribution in [2.45, 2.75) is 70.6 Å². The van der Waals surface area contributed by atoms with E-state index in [1.54, 1.807) is 0 Å². The van der Waals surface area contributed by atoms with Crippen LogP contribution in [0.3, 0.4) is 0 Å². The van der Waals surface area contributed by atoms with Gasteiger partial charge in [0.25, 0.3) is 0 Å². The van der Waals surface area contributed by atoms with Crippen molar-refractivity contribution in [2.75, 3.05) is 0 Å². The topological polar surface area (TPSA) is 65.7 Å². The van der Waals surface area contributed by atoms with E-state index in [1.165, 1.54) is 25.0 Å². The maximum atomic E-state index is 14.9. The fraction of sp³-hybridized carbons (Fsp3) is 0.407. The van der Waals surface area contributed by atoms with Crippen molar-refractivity contribution >= 4 is 11.0 Å². The lowest BCUT2D eigenvalue weighted by molar-refractivity contribution is -0.0506. The molecular formula is C27H27F2N5O. The summed E-state index contributed by atoms with van der Waals surface area (Å²) in [6.07, 6.45) is 7.82. The van der Waals surface area contributed by atoms with Crippen molar-refractivity contribution in [1.82, 2.24) is 24.7 Å². The molecule has 1 aliphatic heterocycles. The minimum absolute atomic E-state index is 0.0253. The fourth-order valence-corrected chi connectivity index (χ4v) is 4.99. The van der Waals surface area contributed by atoms with E-state index < -0.39 is 11.6 Å². The summed E-state index contributed by atoms with van der Waals surface area (Å²) < 4.78 is 36.9. The van der Waals surface area contributed by atoms with Crippen LogP contribution < -0.4 is 0 Å². The largest absolute Gasteiger partial charge is 0.370 e. The maximum absolute atomic E-state index is 14.9. The highest BCUT2D eigenvalue weighted by Gasteiger charge is 2.33. The minimum atomic E-state index is -0.665. The number of pyridine rings is 1. The van der Waals surface area contributed by atoms with Gasteiger partial charge in [0.15, 0.2) is 0 Å². The minimum Gasteiger partial charge on any atom is -0.370 e. The van der Waals surface area contributed by atoms with Gasteiger partial charge in [0.1, 0.15) is 22.8 Å². The molecule has 3 aromatic heterocycles. The molecular weight excluding hydrogens is 448 g/mol. The molecule has 6 rings (SSSR count). The van der Waals surface area contributed by atoms with Crippen LogP contribution in [-0.2, 0) is 4.74 Å². The summed E-state index contributed by atoms with van der Waals surface area (Å²) in [4.78, 5) is 14.3. The van der Waals surface area contributed by atoms with E-state index in [0.717, 1.165) is 41.6 Å². The van der Waals surface area contributed by atoms with Crippen LogP contribution in [0.2, 0.25) is 0 Å². The summed E-state index contributed by atoms with van der Waals surface area (Å²) in [7, 11) is 0. The van der Waals surface area contributed by atoms with Gasteiger partial charge in [-0.3, -0.25) is 4.68 Å². The monoisotopic (exact) mass is 475 g/mol. The van der Waals surface area contributed by atoms with Crippen LogP contribution >= 0.6 is 0 Å². The van der Waals surface area contributed by atoms with Crippen LogP contribution in [0.15, 0.2) is 36.7 Å². The van der Waals surface area contributed by atoms with E-state index >= 15 is 0 Å². The van der Waals surface area contributed by atoms with Gasteiger partial charge < -0.3 is 4.74 Å². The lowest BCUT2D eigenvalue weighted by atomic mass is 9.87. The van der Waals surface area contributed by atoms with Crippen molar-refractivity contribution in [3.8, 4) is 11.3 Å². The molecule has 0 spiro atoms. The Kier molecular flexibility index (Phi) is 5.36. The average molecular weight is 476 g/mol. The van der Waals surface area contributed by atoms with Crippen LogP contribution in [0.25, 0.3) is 22.3 Å². The Hall–Kier alpha value is -3.26. The first-order valence-electron chi connectivity index (χ1n) is 12.2. The number of hydrogen-bond donors (Lipinski definition) is 0. The molecule has 0 amide bonds. The lowest BCUT2D eigenvalue weighted by Gasteiger charge is -2.33. The predicted octanol–water partition coefficient (Wildman–Crippen LogP) is 6.14. The second-order valence-electron chi connectivity index (χ2n) is 9.87. The summed E-state index contributed by atoms with van der Waals surface area (Å²) in [6, 6.07) is 6.04. The molecule has 3 atom stereocenters. The van der Waals surface area contributed by atoms with E-state index in [0.29, 0.717) is 22.8 Å². The molecule has 0 bridgehead atoms. The number of aromatic nitrogens is 5. The van der Waals surface area contributed by atoms with Crippen LogP contribution in [0.5, 0.6) is 0 Å². The van der Waals surface area contributed by atoms with Crippen LogP contribution in [0.1, 0.15) is 73.3 Å². The van der Waals surface area contributed by atoms with Crippen molar-refractivity contribution in [1.29, 1.82) is 0 Å². The Morgan fingerprint density at radius 2 is 1.80 bits per heavy atom. The molecule has 2 aliphatic rings. The highest BCUT2D eigenvalue weighted by Crippen LogP contribution is 2.42. The van der Waals surface area contributed by atoms with Gasteiger partial charge in [0, 0.05) is 35.0 Å². The van der Waals surface area contributed by atoms with Gasteiger partial charge in [-0.15, -0.1) is 0 Å². The van der Waals surface area contributed by atoms with Crippen LogP contribution in [0, 0.1) is 25.5 Å². The summed E-state index contributed by atoms with van der Waals surface area (Å²) in [5.41, 5.74) is 5.25. The Morgan fingerprint density at radius 3 is 2.57 bits per heavy atom. The van der Waals surface area contributed by atoms with Gasteiger partial charge in [0.2, 0.25) is 0 Å². The van der Waals surface area contributed by atoms with E-state index in [1.807, 2.05) is 30.8 Å².